The van der Waals surface area contributed by atoms with Gasteiger partial charge >= 0.3 is 5.97 Å². The number of nitrogens with one attached hydrogen (secondary N) is 1. The van der Waals surface area contributed by atoms with Gasteiger partial charge in [-0.2, -0.15) is 0 Å². The van der Waals surface area contributed by atoms with Crippen LogP contribution >= 0.6 is 0 Å². The average Bonchev–Trinajstić information content (AvgIpc) is 2.81. The lowest BCUT2D eigenvalue weighted by Gasteiger charge is -2.41. The van der Waals surface area contributed by atoms with Crippen LogP contribution in [0.1, 0.15) is 65.2 Å². The van der Waals surface area contributed by atoms with Crippen LogP contribution in [0.4, 0.5) is 0 Å². The molecule has 3 nitrogen and oxygen atoms in total. The summed E-state index contributed by atoms with van der Waals surface area (Å²) in [5.74, 6) is 0.526. The molecule has 3 heteroatoms. The van der Waals surface area contributed by atoms with Gasteiger partial charge in [0, 0.05) is 6.04 Å². The molecule has 0 saturated heterocycles. The summed E-state index contributed by atoms with van der Waals surface area (Å²) in [6, 6.07) is 0.437. The normalized spacial score (nSPS) is 34.1. The minimum atomic E-state index is -0.637. The highest BCUT2D eigenvalue weighted by Gasteiger charge is 2.44. The van der Waals surface area contributed by atoms with Crippen LogP contribution in [0.15, 0.2) is 0 Å². The molecule has 0 aromatic rings. The Balaban J connectivity index is 2.07. The highest BCUT2D eigenvalue weighted by Crippen LogP contribution is 2.38. The monoisotopic (exact) mass is 253 g/mol. The lowest BCUT2D eigenvalue weighted by molar-refractivity contribution is -0.148. The standard InChI is InChI=1S/C15H27NO2/c1-11(2)12-6-5-9-15(10-12,14(17)18)16-13-7-3-4-8-13/h11-13,16H,3-10H2,1-2H3,(H,17,18). The molecule has 0 aromatic heterocycles. The summed E-state index contributed by atoms with van der Waals surface area (Å²) < 4.78 is 0. The Kier molecular flexibility index (Phi) is 4.31. The maximum atomic E-state index is 11.8. The second-order valence-electron chi connectivity index (χ2n) is 6.61. The molecule has 2 fully saturated rings. The predicted molar refractivity (Wildman–Crippen MR) is 72.6 cm³/mol. The van der Waals surface area contributed by atoms with Gasteiger partial charge < -0.3 is 5.11 Å². The minimum absolute atomic E-state index is 0.437. The molecule has 2 aliphatic rings. The second-order valence-corrected chi connectivity index (χ2v) is 6.61. The molecule has 0 amide bonds. The van der Waals surface area contributed by atoms with Gasteiger partial charge in [0.05, 0.1) is 0 Å². The second kappa shape index (κ2) is 5.60. The summed E-state index contributed by atoms with van der Waals surface area (Å²) >= 11 is 0. The van der Waals surface area contributed by atoms with Gasteiger partial charge in [0.15, 0.2) is 0 Å². The fourth-order valence-corrected chi connectivity index (χ4v) is 3.73. The SMILES string of the molecule is CC(C)C1CCCC(NC2CCCC2)(C(=O)O)C1. The molecule has 2 saturated carbocycles. The Morgan fingerprint density at radius 1 is 1.22 bits per heavy atom. The summed E-state index contributed by atoms with van der Waals surface area (Å²) in [7, 11) is 0. The fraction of sp³-hybridized carbons (Fsp3) is 0.933. The van der Waals surface area contributed by atoms with Gasteiger partial charge in [-0.25, -0.2) is 0 Å². The van der Waals surface area contributed by atoms with Crippen molar-refractivity contribution in [1.82, 2.24) is 5.32 Å². The van der Waals surface area contributed by atoms with E-state index in [1.54, 1.807) is 0 Å². The van der Waals surface area contributed by atoms with Crippen LogP contribution in [0.25, 0.3) is 0 Å². The third-order valence-corrected chi connectivity index (χ3v) is 4.98. The average molecular weight is 253 g/mol. The molecule has 2 N–H and O–H groups in total. The minimum Gasteiger partial charge on any atom is -0.480 e. The summed E-state index contributed by atoms with van der Waals surface area (Å²) in [4.78, 5) is 11.8. The molecule has 2 unspecified atom stereocenters. The van der Waals surface area contributed by atoms with Crippen LogP contribution in [0, 0.1) is 11.8 Å². The van der Waals surface area contributed by atoms with Crippen molar-refractivity contribution in [2.45, 2.75) is 76.8 Å². The van der Waals surface area contributed by atoms with Crippen molar-refractivity contribution in [3.63, 3.8) is 0 Å². The number of carboxylic acid groups (broad SMARTS) is 1. The van der Waals surface area contributed by atoms with Crippen LogP contribution in [0.3, 0.4) is 0 Å². The van der Waals surface area contributed by atoms with Gasteiger partial charge in [-0.05, 0) is 37.5 Å². The molecular formula is C15H27NO2. The lowest BCUT2D eigenvalue weighted by Crippen LogP contribution is -2.58. The van der Waals surface area contributed by atoms with Crippen molar-refractivity contribution in [2.75, 3.05) is 0 Å². The summed E-state index contributed by atoms with van der Waals surface area (Å²) in [6.45, 7) is 4.44. The first-order valence-electron chi connectivity index (χ1n) is 7.54. The van der Waals surface area contributed by atoms with Gasteiger partial charge in [-0.15, -0.1) is 0 Å². The first-order valence-corrected chi connectivity index (χ1v) is 7.54. The highest BCUT2D eigenvalue weighted by atomic mass is 16.4. The summed E-state index contributed by atoms with van der Waals surface area (Å²) in [5.41, 5.74) is -0.637. The maximum absolute atomic E-state index is 11.8. The highest BCUT2D eigenvalue weighted by molar-refractivity contribution is 5.79. The molecule has 104 valence electrons. The van der Waals surface area contributed by atoms with E-state index in [2.05, 4.69) is 19.2 Å². The van der Waals surface area contributed by atoms with Crippen molar-refractivity contribution in [3.05, 3.63) is 0 Å². The Morgan fingerprint density at radius 2 is 1.89 bits per heavy atom. The van der Waals surface area contributed by atoms with E-state index < -0.39 is 11.5 Å². The van der Waals surface area contributed by atoms with Crippen molar-refractivity contribution in [2.24, 2.45) is 11.8 Å². The smallest absolute Gasteiger partial charge is 0.323 e. The van der Waals surface area contributed by atoms with Gasteiger partial charge in [0.25, 0.3) is 0 Å². The molecule has 18 heavy (non-hydrogen) atoms. The van der Waals surface area contributed by atoms with E-state index in [1.165, 1.54) is 19.3 Å². The van der Waals surface area contributed by atoms with E-state index in [1.807, 2.05) is 0 Å². The van der Waals surface area contributed by atoms with Crippen molar-refractivity contribution < 1.29 is 9.90 Å². The van der Waals surface area contributed by atoms with Gasteiger partial charge in [-0.3, -0.25) is 10.1 Å². The Bertz CT molecular complexity index is 293. The summed E-state index contributed by atoms with van der Waals surface area (Å²) in [6.07, 6.45) is 8.68. The molecule has 2 aliphatic carbocycles. The third kappa shape index (κ3) is 2.87. The van der Waals surface area contributed by atoms with Crippen molar-refractivity contribution in [1.29, 1.82) is 0 Å². The van der Waals surface area contributed by atoms with Gasteiger partial charge in [-0.1, -0.05) is 39.5 Å². The van der Waals surface area contributed by atoms with E-state index in [9.17, 15) is 9.90 Å². The van der Waals surface area contributed by atoms with Crippen LogP contribution in [0.5, 0.6) is 0 Å². The predicted octanol–water partition coefficient (Wildman–Crippen LogP) is 3.19. The van der Waals surface area contributed by atoms with E-state index >= 15 is 0 Å². The largest absolute Gasteiger partial charge is 0.480 e. The van der Waals surface area contributed by atoms with Crippen molar-refractivity contribution in [3.8, 4) is 0 Å². The van der Waals surface area contributed by atoms with E-state index in [0.717, 1.165) is 32.1 Å². The first kappa shape index (κ1) is 13.9. The molecular weight excluding hydrogens is 226 g/mol. The van der Waals surface area contributed by atoms with Crippen molar-refractivity contribution >= 4 is 5.97 Å². The van der Waals surface area contributed by atoms with Gasteiger partial charge in [0.1, 0.15) is 5.54 Å². The van der Waals surface area contributed by atoms with E-state index in [-0.39, 0.29) is 0 Å². The molecule has 0 spiro atoms. The van der Waals surface area contributed by atoms with Crippen LogP contribution < -0.4 is 5.32 Å². The number of rotatable bonds is 4. The van der Waals surface area contributed by atoms with E-state index in [4.69, 9.17) is 0 Å². The summed E-state index contributed by atoms with van der Waals surface area (Å²) in [5, 5.41) is 13.2. The molecule has 2 atom stereocenters. The number of carbonyl (C=O) groups is 1. The number of carboxylic acids is 1. The van der Waals surface area contributed by atoms with Crippen LogP contribution in [0.2, 0.25) is 0 Å². The molecule has 0 heterocycles. The lowest BCUT2D eigenvalue weighted by atomic mass is 9.71. The number of hydrogen-bond acceptors (Lipinski definition) is 2. The zero-order valence-corrected chi connectivity index (χ0v) is 11.7. The molecule has 0 radical (unpaired) electrons. The molecule has 0 bridgehead atoms. The molecule has 0 aliphatic heterocycles. The Morgan fingerprint density at radius 3 is 2.44 bits per heavy atom. The number of hydrogen-bond donors (Lipinski definition) is 2. The topological polar surface area (TPSA) is 49.3 Å². The molecule has 0 aromatic carbocycles. The first-order chi connectivity index (χ1) is 8.53. The quantitative estimate of drug-likeness (QED) is 0.809. The maximum Gasteiger partial charge on any atom is 0.323 e. The number of aliphatic carboxylic acids is 1. The zero-order valence-electron chi connectivity index (χ0n) is 11.7. The molecule has 2 rings (SSSR count). The van der Waals surface area contributed by atoms with Gasteiger partial charge in [0.2, 0.25) is 0 Å². The Hall–Kier alpha value is -0.570. The Labute approximate surface area is 110 Å². The fourth-order valence-electron chi connectivity index (χ4n) is 3.73. The third-order valence-electron chi connectivity index (χ3n) is 4.98. The van der Waals surface area contributed by atoms with Crippen LogP contribution in [-0.4, -0.2) is 22.7 Å². The van der Waals surface area contributed by atoms with E-state index in [0.29, 0.717) is 17.9 Å². The van der Waals surface area contributed by atoms with Crippen LogP contribution in [-0.2, 0) is 4.79 Å². The zero-order chi connectivity index (χ0) is 13.2.